The number of nitrogens with two attached hydrogens (primary N) is 1. The Labute approximate surface area is 54.9 Å². The summed E-state index contributed by atoms with van der Waals surface area (Å²) in [4.78, 5) is 4.18. The molecule has 0 aromatic rings. The van der Waals surface area contributed by atoms with Gasteiger partial charge < -0.3 is 0 Å². The lowest BCUT2D eigenvalue weighted by molar-refractivity contribution is 0.105. The van der Waals surface area contributed by atoms with Gasteiger partial charge in [-0.15, -0.1) is 0 Å². The van der Waals surface area contributed by atoms with Gasteiger partial charge in [0.15, 0.2) is 15.3 Å². The van der Waals surface area contributed by atoms with Crippen molar-refractivity contribution in [2.24, 2.45) is 5.90 Å². The van der Waals surface area contributed by atoms with Crippen LogP contribution in [0.1, 0.15) is 13.3 Å². The molecule has 0 aliphatic carbocycles. The predicted octanol–water partition coefficient (Wildman–Crippen LogP) is -0.343. The van der Waals surface area contributed by atoms with Gasteiger partial charge in [-0.05, 0) is 6.42 Å². The molecule has 0 aromatic heterocycles. The molecule has 9 heavy (non-hydrogen) atoms. The highest BCUT2D eigenvalue weighted by Gasteiger charge is 2.17. The molecular weight excluding hydrogens is 142 g/mol. The van der Waals surface area contributed by atoms with Crippen molar-refractivity contribution in [2.75, 3.05) is 6.26 Å². The minimum absolute atomic E-state index is 0.384. The summed E-state index contributed by atoms with van der Waals surface area (Å²) >= 11 is 0. The first kappa shape index (κ1) is 8.87. The fourth-order valence-electron chi connectivity index (χ4n) is 0.500. The molecule has 0 aliphatic rings. The van der Waals surface area contributed by atoms with Crippen molar-refractivity contribution in [3.05, 3.63) is 0 Å². The van der Waals surface area contributed by atoms with Gasteiger partial charge in [0.25, 0.3) is 0 Å². The largest absolute Gasteiger partial charge is 0.285 e. The van der Waals surface area contributed by atoms with Crippen molar-refractivity contribution in [2.45, 2.75) is 18.8 Å². The Balaban J connectivity index is 4.14. The third-order valence-electron chi connectivity index (χ3n) is 0.963. The van der Waals surface area contributed by atoms with Crippen LogP contribution < -0.4 is 5.90 Å². The van der Waals surface area contributed by atoms with E-state index < -0.39 is 15.3 Å². The number of sulfone groups is 1. The molecule has 0 saturated heterocycles. The van der Waals surface area contributed by atoms with Crippen molar-refractivity contribution in [1.29, 1.82) is 0 Å². The van der Waals surface area contributed by atoms with E-state index >= 15 is 0 Å². The summed E-state index contributed by atoms with van der Waals surface area (Å²) in [6.07, 6.45) is 1.48. The van der Waals surface area contributed by atoms with Crippen molar-refractivity contribution in [3.63, 3.8) is 0 Å². The van der Waals surface area contributed by atoms with Crippen LogP contribution in [-0.2, 0) is 14.7 Å². The van der Waals surface area contributed by atoms with Crippen molar-refractivity contribution in [3.8, 4) is 0 Å². The fourth-order valence-corrected chi connectivity index (χ4v) is 1.31. The maximum absolute atomic E-state index is 10.6. The van der Waals surface area contributed by atoms with E-state index in [1.54, 1.807) is 6.92 Å². The Bertz CT molecular complexity index is 159. The normalized spacial score (nSPS) is 15.4. The predicted molar refractivity (Wildman–Crippen MR) is 34.2 cm³/mol. The second-order valence-corrected chi connectivity index (χ2v) is 3.99. The molecule has 4 nitrogen and oxygen atoms in total. The van der Waals surface area contributed by atoms with Gasteiger partial charge in [0.1, 0.15) is 0 Å². The molecule has 0 rings (SSSR count). The van der Waals surface area contributed by atoms with Crippen LogP contribution in [0.15, 0.2) is 0 Å². The van der Waals surface area contributed by atoms with Gasteiger partial charge >= 0.3 is 0 Å². The zero-order valence-electron chi connectivity index (χ0n) is 5.49. The van der Waals surface area contributed by atoms with Crippen molar-refractivity contribution in [1.82, 2.24) is 0 Å². The van der Waals surface area contributed by atoms with Crippen molar-refractivity contribution >= 4 is 9.84 Å². The first-order chi connectivity index (χ1) is 4.02. The van der Waals surface area contributed by atoms with Crippen LogP contribution in [0.4, 0.5) is 0 Å². The molecule has 0 bridgehead atoms. The van der Waals surface area contributed by atoms with E-state index in [9.17, 15) is 8.42 Å². The average molecular weight is 153 g/mol. The molecule has 0 fully saturated rings. The second kappa shape index (κ2) is 3.14. The average Bonchev–Trinajstić information content (AvgIpc) is 1.65. The summed E-state index contributed by atoms with van der Waals surface area (Å²) in [7, 11) is -3.11. The first-order valence-electron chi connectivity index (χ1n) is 2.56. The topological polar surface area (TPSA) is 69.4 Å². The molecule has 1 atom stereocenters. The summed E-state index contributed by atoms with van der Waals surface area (Å²) in [5.41, 5.74) is -0.850. The smallest absolute Gasteiger partial charge is 0.179 e. The third-order valence-corrected chi connectivity index (χ3v) is 2.36. The maximum Gasteiger partial charge on any atom is 0.179 e. The van der Waals surface area contributed by atoms with Gasteiger partial charge in [0.2, 0.25) is 0 Å². The van der Waals surface area contributed by atoms with Crippen LogP contribution in [0.3, 0.4) is 0 Å². The molecule has 0 radical (unpaired) electrons. The van der Waals surface area contributed by atoms with Gasteiger partial charge in [-0.1, -0.05) is 6.92 Å². The zero-order valence-corrected chi connectivity index (χ0v) is 6.31. The standard InChI is InChI=1S/C4H11NO3S/c1-3-4(8-5)9(2,6)7/h4H,3,5H2,1-2H3. The molecule has 5 heteroatoms. The third kappa shape index (κ3) is 2.78. The van der Waals surface area contributed by atoms with Crippen LogP contribution >= 0.6 is 0 Å². The van der Waals surface area contributed by atoms with E-state index in [1.165, 1.54) is 0 Å². The monoisotopic (exact) mass is 153 g/mol. The van der Waals surface area contributed by atoms with Gasteiger partial charge in [0, 0.05) is 6.26 Å². The fraction of sp³-hybridized carbons (Fsp3) is 1.00. The van der Waals surface area contributed by atoms with Gasteiger partial charge in [0.05, 0.1) is 0 Å². The minimum Gasteiger partial charge on any atom is -0.285 e. The molecule has 56 valence electrons. The summed E-state index contributed by atoms with van der Waals surface area (Å²) in [5, 5.41) is 0. The van der Waals surface area contributed by atoms with E-state index in [1.807, 2.05) is 0 Å². The molecular formula is C4H11NO3S. The Morgan fingerprint density at radius 3 is 2.11 bits per heavy atom. The summed E-state index contributed by atoms with van der Waals surface area (Å²) in [5.74, 6) is 4.69. The van der Waals surface area contributed by atoms with Crippen LogP contribution in [0.5, 0.6) is 0 Å². The molecule has 0 saturated carbocycles. The molecule has 0 spiro atoms. The lowest BCUT2D eigenvalue weighted by atomic mass is 10.5. The highest BCUT2D eigenvalue weighted by molar-refractivity contribution is 7.91. The number of rotatable bonds is 3. The van der Waals surface area contributed by atoms with Crippen LogP contribution in [0.25, 0.3) is 0 Å². The van der Waals surface area contributed by atoms with E-state index in [0.717, 1.165) is 6.26 Å². The van der Waals surface area contributed by atoms with Gasteiger partial charge in [-0.3, -0.25) is 4.84 Å². The summed E-state index contributed by atoms with van der Waals surface area (Å²) in [6.45, 7) is 1.69. The minimum atomic E-state index is -3.11. The maximum atomic E-state index is 10.6. The molecule has 0 amide bonds. The van der Waals surface area contributed by atoms with E-state index in [2.05, 4.69) is 4.84 Å². The van der Waals surface area contributed by atoms with E-state index in [-0.39, 0.29) is 0 Å². The van der Waals surface area contributed by atoms with Crippen LogP contribution in [0.2, 0.25) is 0 Å². The molecule has 2 N–H and O–H groups in total. The Morgan fingerprint density at radius 2 is 2.11 bits per heavy atom. The second-order valence-electron chi connectivity index (χ2n) is 1.80. The quantitative estimate of drug-likeness (QED) is 0.563. The Kier molecular flexibility index (Phi) is 3.10. The molecule has 1 unspecified atom stereocenters. The summed E-state index contributed by atoms with van der Waals surface area (Å²) in [6, 6.07) is 0. The lowest BCUT2D eigenvalue weighted by Gasteiger charge is -2.07. The van der Waals surface area contributed by atoms with Crippen LogP contribution in [0, 0.1) is 0 Å². The SMILES string of the molecule is CCC(ON)S(C)(=O)=O. The van der Waals surface area contributed by atoms with Crippen LogP contribution in [-0.4, -0.2) is 20.1 Å². The van der Waals surface area contributed by atoms with Gasteiger partial charge in [-0.2, -0.15) is 0 Å². The van der Waals surface area contributed by atoms with Gasteiger partial charge in [-0.25, -0.2) is 14.3 Å². The molecule has 0 aromatic carbocycles. The first-order valence-corrected chi connectivity index (χ1v) is 4.52. The zero-order chi connectivity index (χ0) is 7.49. The number of hydrogen-bond donors (Lipinski definition) is 1. The Morgan fingerprint density at radius 1 is 1.67 bits per heavy atom. The highest BCUT2D eigenvalue weighted by Crippen LogP contribution is 2.01. The molecule has 0 aliphatic heterocycles. The van der Waals surface area contributed by atoms with E-state index in [0.29, 0.717) is 6.42 Å². The summed E-state index contributed by atoms with van der Waals surface area (Å²) < 4.78 is 21.2. The van der Waals surface area contributed by atoms with Crippen molar-refractivity contribution < 1.29 is 13.3 Å². The number of hydrogen-bond acceptors (Lipinski definition) is 4. The highest BCUT2D eigenvalue weighted by atomic mass is 32.2. The lowest BCUT2D eigenvalue weighted by Crippen LogP contribution is -2.25. The van der Waals surface area contributed by atoms with E-state index in [4.69, 9.17) is 5.90 Å². The Hall–Kier alpha value is -0.130. The molecule has 0 heterocycles.